The molecule has 0 radical (unpaired) electrons. The van der Waals surface area contributed by atoms with Gasteiger partial charge in [-0.3, -0.25) is 4.79 Å². The molecule has 0 bridgehead atoms. The maximum atomic E-state index is 11.3. The van der Waals surface area contributed by atoms with E-state index >= 15 is 0 Å². The number of amides is 1. The Morgan fingerprint density at radius 2 is 2.31 bits per heavy atom. The summed E-state index contributed by atoms with van der Waals surface area (Å²) in [6, 6.07) is 0.374. The van der Waals surface area contributed by atoms with Crippen LogP contribution in [0.2, 0.25) is 0 Å². The van der Waals surface area contributed by atoms with Gasteiger partial charge in [-0.2, -0.15) is 0 Å². The lowest BCUT2D eigenvalue weighted by Crippen LogP contribution is -2.39. The zero-order chi connectivity index (χ0) is 9.84. The SMILES string of the molecule is C=C1NC=C(CNC(C)C)C(=O)N1. The van der Waals surface area contributed by atoms with Crippen molar-refractivity contribution in [3.05, 3.63) is 24.2 Å². The topological polar surface area (TPSA) is 53.2 Å². The van der Waals surface area contributed by atoms with Gasteiger partial charge in [0.25, 0.3) is 5.91 Å². The molecule has 1 rings (SSSR count). The van der Waals surface area contributed by atoms with Crippen molar-refractivity contribution in [3.8, 4) is 0 Å². The molecule has 1 heterocycles. The number of hydrogen-bond acceptors (Lipinski definition) is 3. The molecule has 1 aliphatic rings. The number of carbonyl (C=O) groups is 1. The zero-order valence-electron chi connectivity index (χ0n) is 7.98. The summed E-state index contributed by atoms with van der Waals surface area (Å²) in [5, 5.41) is 8.62. The summed E-state index contributed by atoms with van der Waals surface area (Å²) in [4.78, 5) is 11.3. The fourth-order valence-electron chi connectivity index (χ4n) is 0.939. The molecule has 0 aliphatic carbocycles. The Balaban J connectivity index is 2.50. The molecule has 4 nitrogen and oxygen atoms in total. The molecule has 4 heteroatoms. The molecule has 0 fully saturated rings. The van der Waals surface area contributed by atoms with Gasteiger partial charge in [0.15, 0.2) is 0 Å². The smallest absolute Gasteiger partial charge is 0.255 e. The fraction of sp³-hybridized carbons (Fsp3) is 0.444. The van der Waals surface area contributed by atoms with Crippen LogP contribution in [-0.2, 0) is 4.79 Å². The van der Waals surface area contributed by atoms with E-state index in [-0.39, 0.29) is 5.91 Å². The van der Waals surface area contributed by atoms with Crippen molar-refractivity contribution in [2.24, 2.45) is 0 Å². The molecule has 0 saturated heterocycles. The lowest BCUT2D eigenvalue weighted by atomic mass is 10.2. The second-order valence-corrected chi connectivity index (χ2v) is 3.28. The van der Waals surface area contributed by atoms with Crippen LogP contribution < -0.4 is 16.0 Å². The van der Waals surface area contributed by atoms with E-state index < -0.39 is 0 Å². The van der Waals surface area contributed by atoms with Crippen LogP contribution in [0.15, 0.2) is 24.2 Å². The molecule has 0 unspecified atom stereocenters. The lowest BCUT2D eigenvalue weighted by Gasteiger charge is -2.18. The predicted molar refractivity (Wildman–Crippen MR) is 51.6 cm³/mol. The van der Waals surface area contributed by atoms with Gasteiger partial charge in [0.1, 0.15) is 5.82 Å². The molecule has 72 valence electrons. The highest BCUT2D eigenvalue weighted by Crippen LogP contribution is 1.99. The van der Waals surface area contributed by atoms with Crippen LogP contribution in [-0.4, -0.2) is 18.5 Å². The molecule has 0 saturated carbocycles. The van der Waals surface area contributed by atoms with E-state index in [9.17, 15) is 4.79 Å². The van der Waals surface area contributed by atoms with Crippen molar-refractivity contribution < 1.29 is 4.79 Å². The Labute approximate surface area is 78.1 Å². The standard InChI is InChI=1S/C9H15N3O/c1-6(2)10-4-8-5-11-7(3)12-9(8)13/h5-6,10-11H,3-4H2,1-2H3,(H,12,13). The van der Waals surface area contributed by atoms with Crippen molar-refractivity contribution in [1.29, 1.82) is 0 Å². The summed E-state index contributed by atoms with van der Waals surface area (Å²) in [5.41, 5.74) is 0.695. The highest BCUT2D eigenvalue weighted by atomic mass is 16.2. The number of hydrogen-bond donors (Lipinski definition) is 3. The second kappa shape index (κ2) is 4.09. The number of carbonyl (C=O) groups excluding carboxylic acids is 1. The Kier molecular flexibility index (Phi) is 3.08. The molecule has 0 aromatic heterocycles. The zero-order valence-corrected chi connectivity index (χ0v) is 7.98. The molecule has 0 aromatic rings. The Morgan fingerprint density at radius 3 is 2.85 bits per heavy atom. The largest absolute Gasteiger partial charge is 0.348 e. The molecule has 0 aromatic carbocycles. The first-order chi connectivity index (χ1) is 6.09. The average Bonchev–Trinajstić information content (AvgIpc) is 2.02. The van der Waals surface area contributed by atoms with Gasteiger partial charge in [-0.15, -0.1) is 0 Å². The van der Waals surface area contributed by atoms with Crippen molar-refractivity contribution in [1.82, 2.24) is 16.0 Å². The number of nitrogens with one attached hydrogen (secondary N) is 3. The van der Waals surface area contributed by atoms with Crippen LogP contribution in [0.4, 0.5) is 0 Å². The van der Waals surface area contributed by atoms with E-state index in [2.05, 4.69) is 22.5 Å². The maximum absolute atomic E-state index is 11.3. The van der Waals surface area contributed by atoms with E-state index in [1.165, 1.54) is 0 Å². The molecular formula is C9H15N3O. The summed E-state index contributed by atoms with van der Waals surface area (Å²) in [6.45, 7) is 8.23. The van der Waals surface area contributed by atoms with Gasteiger partial charge in [0.2, 0.25) is 0 Å². The van der Waals surface area contributed by atoms with Crippen LogP contribution in [0.5, 0.6) is 0 Å². The normalized spacial score (nSPS) is 16.7. The average molecular weight is 181 g/mol. The minimum Gasteiger partial charge on any atom is -0.348 e. The third-order valence-electron chi connectivity index (χ3n) is 1.68. The van der Waals surface area contributed by atoms with Crippen molar-refractivity contribution in [2.45, 2.75) is 19.9 Å². The minimum absolute atomic E-state index is 0.0862. The van der Waals surface area contributed by atoms with Gasteiger partial charge in [-0.05, 0) is 0 Å². The monoisotopic (exact) mass is 181 g/mol. The summed E-state index contributed by atoms with van der Waals surface area (Å²) < 4.78 is 0. The Bertz CT molecular complexity index is 256. The van der Waals surface area contributed by atoms with Crippen LogP contribution in [0, 0.1) is 0 Å². The van der Waals surface area contributed by atoms with Gasteiger partial charge in [-0.25, -0.2) is 0 Å². The van der Waals surface area contributed by atoms with Gasteiger partial charge in [0.05, 0.1) is 0 Å². The van der Waals surface area contributed by atoms with Crippen molar-refractivity contribution >= 4 is 5.91 Å². The molecule has 1 amide bonds. The van der Waals surface area contributed by atoms with E-state index in [0.29, 0.717) is 24.0 Å². The van der Waals surface area contributed by atoms with Crippen LogP contribution >= 0.6 is 0 Å². The van der Waals surface area contributed by atoms with E-state index in [1.807, 2.05) is 13.8 Å². The van der Waals surface area contributed by atoms with Crippen molar-refractivity contribution in [2.75, 3.05) is 6.54 Å². The summed E-state index contributed by atoms with van der Waals surface area (Å²) in [5.74, 6) is 0.440. The van der Waals surface area contributed by atoms with Crippen LogP contribution in [0.25, 0.3) is 0 Å². The van der Waals surface area contributed by atoms with Crippen molar-refractivity contribution in [3.63, 3.8) is 0 Å². The van der Waals surface area contributed by atoms with Gasteiger partial charge in [-0.1, -0.05) is 20.4 Å². The quantitative estimate of drug-likeness (QED) is 0.577. The van der Waals surface area contributed by atoms with Gasteiger partial charge in [0, 0.05) is 24.4 Å². The first-order valence-corrected chi connectivity index (χ1v) is 4.29. The van der Waals surface area contributed by atoms with E-state index in [0.717, 1.165) is 0 Å². The highest BCUT2D eigenvalue weighted by molar-refractivity contribution is 5.95. The van der Waals surface area contributed by atoms with Crippen LogP contribution in [0.3, 0.4) is 0 Å². The molecule has 13 heavy (non-hydrogen) atoms. The third-order valence-corrected chi connectivity index (χ3v) is 1.68. The van der Waals surface area contributed by atoms with E-state index in [4.69, 9.17) is 0 Å². The van der Waals surface area contributed by atoms with E-state index in [1.54, 1.807) is 6.20 Å². The highest BCUT2D eigenvalue weighted by Gasteiger charge is 2.14. The minimum atomic E-state index is -0.0862. The predicted octanol–water partition coefficient (Wildman–Crippen LogP) is 0.0589. The first-order valence-electron chi connectivity index (χ1n) is 4.29. The Hall–Kier alpha value is -1.29. The van der Waals surface area contributed by atoms with Gasteiger partial charge >= 0.3 is 0 Å². The van der Waals surface area contributed by atoms with Gasteiger partial charge < -0.3 is 16.0 Å². The van der Waals surface area contributed by atoms with Crippen LogP contribution in [0.1, 0.15) is 13.8 Å². The summed E-state index contributed by atoms with van der Waals surface area (Å²) in [7, 11) is 0. The molecule has 3 N–H and O–H groups in total. The summed E-state index contributed by atoms with van der Waals surface area (Å²) >= 11 is 0. The maximum Gasteiger partial charge on any atom is 0.255 e. The molecule has 0 atom stereocenters. The third kappa shape index (κ3) is 2.91. The second-order valence-electron chi connectivity index (χ2n) is 3.28. The summed E-state index contributed by atoms with van der Waals surface area (Å²) in [6.07, 6.45) is 1.68. The fourth-order valence-corrected chi connectivity index (χ4v) is 0.939. The molecular weight excluding hydrogens is 166 g/mol. The molecule has 0 spiro atoms. The Morgan fingerprint density at radius 1 is 1.62 bits per heavy atom. The number of rotatable bonds is 3. The first kappa shape index (κ1) is 9.80. The lowest BCUT2D eigenvalue weighted by molar-refractivity contribution is -0.117. The molecule has 1 aliphatic heterocycles.